The highest BCUT2D eigenvalue weighted by atomic mass is 19.1. The monoisotopic (exact) mass is 279 g/mol. The molecule has 0 aliphatic rings. The van der Waals surface area contributed by atoms with Gasteiger partial charge in [-0.25, -0.2) is 8.78 Å². The molecule has 0 aliphatic heterocycles. The van der Waals surface area contributed by atoms with E-state index in [4.69, 9.17) is 5.73 Å². The second-order valence-corrected chi connectivity index (χ2v) is 4.12. The van der Waals surface area contributed by atoms with Crippen LogP contribution in [0.2, 0.25) is 0 Å². The molecule has 0 saturated heterocycles. The van der Waals surface area contributed by atoms with Gasteiger partial charge in [-0.3, -0.25) is 10.1 Å². The van der Waals surface area contributed by atoms with E-state index in [2.05, 4.69) is 5.32 Å². The minimum atomic E-state index is -0.563. The maximum atomic E-state index is 13.4. The van der Waals surface area contributed by atoms with E-state index in [0.29, 0.717) is 5.69 Å². The average molecular weight is 279 g/mol. The normalized spacial score (nSPS) is 10.3. The van der Waals surface area contributed by atoms with Gasteiger partial charge >= 0.3 is 0 Å². The number of hydrogen-bond acceptors (Lipinski definition) is 4. The first kappa shape index (κ1) is 13.7. The molecule has 20 heavy (non-hydrogen) atoms. The first-order valence-electron chi connectivity index (χ1n) is 5.69. The number of nitrogens with one attached hydrogen (secondary N) is 1. The Balaban J connectivity index is 2.15. The molecule has 2 rings (SSSR count). The van der Waals surface area contributed by atoms with E-state index >= 15 is 0 Å². The molecule has 0 amide bonds. The zero-order chi connectivity index (χ0) is 14.7. The van der Waals surface area contributed by atoms with E-state index in [1.165, 1.54) is 18.2 Å². The minimum Gasteiger partial charge on any atom is -0.397 e. The van der Waals surface area contributed by atoms with Crippen molar-refractivity contribution >= 4 is 17.1 Å². The molecule has 0 unspecified atom stereocenters. The number of nitrogens with two attached hydrogens (primary N) is 1. The van der Waals surface area contributed by atoms with Gasteiger partial charge in [-0.15, -0.1) is 0 Å². The zero-order valence-electron chi connectivity index (χ0n) is 10.3. The summed E-state index contributed by atoms with van der Waals surface area (Å²) in [5.74, 6) is -1.08. The van der Waals surface area contributed by atoms with Crippen molar-refractivity contribution in [2.45, 2.75) is 6.54 Å². The van der Waals surface area contributed by atoms with Crippen LogP contribution < -0.4 is 11.1 Å². The Hall–Kier alpha value is -2.70. The van der Waals surface area contributed by atoms with E-state index in [9.17, 15) is 18.9 Å². The molecule has 104 valence electrons. The number of nitro benzene ring substituents is 1. The van der Waals surface area contributed by atoms with Crippen LogP contribution >= 0.6 is 0 Å². The van der Waals surface area contributed by atoms with E-state index in [1.807, 2.05) is 0 Å². The zero-order valence-corrected chi connectivity index (χ0v) is 10.3. The van der Waals surface area contributed by atoms with Crippen LogP contribution in [0.1, 0.15) is 5.56 Å². The number of nitrogen functional groups attached to an aromatic ring is 1. The van der Waals surface area contributed by atoms with E-state index in [1.54, 1.807) is 0 Å². The molecule has 0 fully saturated rings. The number of rotatable bonds is 4. The second-order valence-electron chi connectivity index (χ2n) is 4.12. The van der Waals surface area contributed by atoms with Crippen molar-refractivity contribution < 1.29 is 13.7 Å². The van der Waals surface area contributed by atoms with Crippen LogP contribution in [0.3, 0.4) is 0 Å². The fourth-order valence-electron chi connectivity index (χ4n) is 1.69. The van der Waals surface area contributed by atoms with E-state index in [-0.39, 0.29) is 23.5 Å². The van der Waals surface area contributed by atoms with Crippen LogP contribution in [0.5, 0.6) is 0 Å². The fraction of sp³-hybridized carbons (Fsp3) is 0.0769. The van der Waals surface area contributed by atoms with Crippen LogP contribution in [-0.4, -0.2) is 4.92 Å². The molecule has 2 aromatic rings. The number of nitrogens with zero attached hydrogens (tertiary/aromatic N) is 1. The van der Waals surface area contributed by atoms with Gasteiger partial charge in [-0.1, -0.05) is 0 Å². The van der Waals surface area contributed by atoms with Crippen molar-refractivity contribution in [2.75, 3.05) is 11.1 Å². The number of halogens is 2. The Kier molecular flexibility index (Phi) is 3.79. The van der Waals surface area contributed by atoms with Gasteiger partial charge in [0, 0.05) is 24.2 Å². The lowest BCUT2D eigenvalue weighted by Gasteiger charge is -2.10. The molecule has 0 spiro atoms. The standard InChI is InChI=1S/C13H11F2N3O2/c14-9-1-3-11(15)8(5-9)7-17-13-4-2-10(18(19)20)6-12(13)16/h1-6,17H,7,16H2. The van der Waals surface area contributed by atoms with E-state index < -0.39 is 16.6 Å². The number of hydrogen-bond donors (Lipinski definition) is 2. The summed E-state index contributed by atoms with van der Waals surface area (Å²) in [5.41, 5.74) is 6.24. The maximum absolute atomic E-state index is 13.4. The van der Waals surface area contributed by atoms with Gasteiger partial charge in [-0.05, 0) is 24.3 Å². The summed E-state index contributed by atoms with van der Waals surface area (Å²) in [6, 6.07) is 7.03. The fourth-order valence-corrected chi connectivity index (χ4v) is 1.69. The van der Waals surface area contributed by atoms with Crippen molar-refractivity contribution in [2.24, 2.45) is 0 Å². The highest BCUT2D eigenvalue weighted by Crippen LogP contribution is 2.24. The van der Waals surface area contributed by atoms with Gasteiger partial charge in [0.1, 0.15) is 11.6 Å². The Morgan fingerprint density at radius 3 is 2.60 bits per heavy atom. The summed E-state index contributed by atoms with van der Waals surface area (Å²) in [7, 11) is 0. The molecule has 0 radical (unpaired) electrons. The first-order valence-corrected chi connectivity index (χ1v) is 5.69. The van der Waals surface area contributed by atoms with Crippen LogP contribution in [0.25, 0.3) is 0 Å². The largest absolute Gasteiger partial charge is 0.397 e. The summed E-state index contributed by atoms with van der Waals surface area (Å²) >= 11 is 0. The first-order chi connectivity index (χ1) is 9.47. The molecule has 0 aliphatic carbocycles. The third-order valence-corrected chi connectivity index (χ3v) is 2.72. The molecular weight excluding hydrogens is 268 g/mol. The van der Waals surface area contributed by atoms with Crippen LogP contribution in [0.4, 0.5) is 25.8 Å². The second kappa shape index (κ2) is 5.52. The van der Waals surface area contributed by atoms with Crippen LogP contribution in [0.15, 0.2) is 36.4 Å². The number of non-ortho nitro benzene ring substituents is 1. The summed E-state index contributed by atoms with van der Waals surface area (Å²) in [6.45, 7) is 0.0194. The van der Waals surface area contributed by atoms with Gasteiger partial charge < -0.3 is 11.1 Å². The lowest BCUT2D eigenvalue weighted by molar-refractivity contribution is -0.384. The van der Waals surface area contributed by atoms with Gasteiger partial charge in [0.25, 0.3) is 5.69 Å². The van der Waals surface area contributed by atoms with Crippen molar-refractivity contribution in [1.82, 2.24) is 0 Å². The third-order valence-electron chi connectivity index (χ3n) is 2.72. The number of nitro groups is 1. The van der Waals surface area contributed by atoms with Crippen molar-refractivity contribution in [1.29, 1.82) is 0 Å². The average Bonchev–Trinajstić information content (AvgIpc) is 2.40. The molecule has 0 aromatic heterocycles. The van der Waals surface area contributed by atoms with Crippen LogP contribution in [-0.2, 0) is 6.54 Å². The molecule has 5 nitrogen and oxygen atoms in total. The highest BCUT2D eigenvalue weighted by Gasteiger charge is 2.09. The van der Waals surface area contributed by atoms with Gasteiger partial charge in [0.05, 0.1) is 16.3 Å². The molecule has 0 heterocycles. The lowest BCUT2D eigenvalue weighted by atomic mass is 10.2. The maximum Gasteiger partial charge on any atom is 0.271 e. The van der Waals surface area contributed by atoms with Crippen molar-refractivity contribution in [3.05, 3.63) is 63.7 Å². The molecular formula is C13H11F2N3O2. The smallest absolute Gasteiger partial charge is 0.271 e. The highest BCUT2D eigenvalue weighted by molar-refractivity contribution is 5.69. The molecule has 3 N–H and O–H groups in total. The SMILES string of the molecule is Nc1cc([N+](=O)[O-])ccc1NCc1cc(F)ccc1F. The predicted molar refractivity (Wildman–Crippen MR) is 71.2 cm³/mol. The molecule has 0 atom stereocenters. The lowest BCUT2D eigenvalue weighted by Crippen LogP contribution is -2.05. The Labute approximate surface area is 113 Å². The summed E-state index contributed by atoms with van der Waals surface area (Å²) in [5, 5.41) is 13.4. The molecule has 2 aromatic carbocycles. The summed E-state index contributed by atoms with van der Waals surface area (Å²) in [4.78, 5) is 10.0. The Morgan fingerprint density at radius 1 is 1.20 bits per heavy atom. The topological polar surface area (TPSA) is 81.2 Å². The summed E-state index contributed by atoms with van der Waals surface area (Å²) in [6.07, 6.45) is 0. The third kappa shape index (κ3) is 3.00. The summed E-state index contributed by atoms with van der Waals surface area (Å²) < 4.78 is 26.4. The van der Waals surface area contributed by atoms with Crippen LogP contribution in [0, 0.1) is 21.7 Å². The number of anilines is 2. The molecule has 7 heteroatoms. The van der Waals surface area contributed by atoms with Crippen molar-refractivity contribution in [3.8, 4) is 0 Å². The number of benzene rings is 2. The minimum absolute atomic E-state index is 0.0194. The van der Waals surface area contributed by atoms with E-state index in [0.717, 1.165) is 18.2 Å². The quantitative estimate of drug-likeness (QED) is 0.512. The Morgan fingerprint density at radius 2 is 1.95 bits per heavy atom. The Bertz CT molecular complexity index is 662. The van der Waals surface area contributed by atoms with Crippen molar-refractivity contribution in [3.63, 3.8) is 0 Å². The predicted octanol–water partition coefficient (Wildman–Crippen LogP) is 3.07. The van der Waals surface area contributed by atoms with Gasteiger partial charge in [-0.2, -0.15) is 0 Å². The van der Waals surface area contributed by atoms with Gasteiger partial charge in [0.15, 0.2) is 0 Å². The molecule has 0 bridgehead atoms. The molecule has 0 saturated carbocycles. The van der Waals surface area contributed by atoms with Gasteiger partial charge in [0.2, 0.25) is 0 Å².